The topological polar surface area (TPSA) is 67.0 Å². The molecule has 0 radical (unpaired) electrons. The first kappa shape index (κ1) is 12.8. The van der Waals surface area contributed by atoms with Crippen LogP contribution in [0.1, 0.15) is 12.1 Å². The van der Waals surface area contributed by atoms with E-state index in [-0.39, 0.29) is 5.63 Å². The maximum absolute atomic E-state index is 11.9. The van der Waals surface area contributed by atoms with Crippen LogP contribution in [0.5, 0.6) is 0 Å². The van der Waals surface area contributed by atoms with E-state index in [9.17, 15) is 9.00 Å². The summed E-state index contributed by atoms with van der Waals surface area (Å²) >= 11 is 0. The third-order valence-electron chi connectivity index (χ3n) is 2.67. The highest BCUT2D eigenvalue weighted by molar-refractivity contribution is 7.85. The molecule has 2 aromatic rings. The zero-order valence-corrected chi connectivity index (χ0v) is 10.9. The summed E-state index contributed by atoms with van der Waals surface area (Å²) in [5.74, 6) is 0.559. The van der Waals surface area contributed by atoms with Gasteiger partial charge in [-0.2, -0.15) is 0 Å². The molecule has 0 spiro atoms. The summed E-state index contributed by atoms with van der Waals surface area (Å²) in [6.45, 7) is 2.28. The van der Waals surface area contributed by atoms with Crippen LogP contribution in [0, 0.1) is 6.92 Å². The molecule has 2 rings (SSSR count). The quantitative estimate of drug-likeness (QED) is 0.813. The Morgan fingerprint density at radius 3 is 2.67 bits per heavy atom. The summed E-state index contributed by atoms with van der Waals surface area (Å²) < 4.78 is 18.2. The van der Waals surface area contributed by atoms with Crippen LogP contribution in [0.15, 0.2) is 44.5 Å². The second-order valence-electron chi connectivity index (χ2n) is 3.93. The number of rotatable bonds is 5. The van der Waals surface area contributed by atoms with Crippen molar-refractivity contribution in [2.24, 2.45) is 0 Å². The Labute approximate surface area is 107 Å². The molecule has 0 aliphatic rings. The summed E-state index contributed by atoms with van der Waals surface area (Å²) in [6.07, 6.45) is 0.711. The standard InChI is InChI=1S/C12H14N2O3S/c1-10-12(15)17-13-14(10)8-5-9-18(16)11-6-3-2-4-7-11/h2-4,6-7H,5,8-9H2,1H3/p+1. The van der Waals surface area contributed by atoms with Crippen LogP contribution in [-0.4, -0.2) is 15.2 Å². The van der Waals surface area contributed by atoms with E-state index in [1.54, 1.807) is 11.6 Å². The van der Waals surface area contributed by atoms with E-state index in [0.29, 0.717) is 24.4 Å². The lowest BCUT2D eigenvalue weighted by Crippen LogP contribution is -2.40. The van der Waals surface area contributed by atoms with Crippen molar-refractivity contribution in [1.82, 2.24) is 5.27 Å². The highest BCUT2D eigenvalue weighted by Crippen LogP contribution is 2.06. The fraction of sp³-hybridized carbons (Fsp3) is 0.333. The predicted molar refractivity (Wildman–Crippen MR) is 66.6 cm³/mol. The first-order valence-corrected chi connectivity index (χ1v) is 7.01. The van der Waals surface area contributed by atoms with E-state index in [2.05, 4.69) is 9.79 Å². The number of aryl methyl sites for hydroxylation is 1. The summed E-state index contributed by atoms with van der Waals surface area (Å²) in [6, 6.07) is 9.36. The lowest BCUT2D eigenvalue weighted by molar-refractivity contribution is -0.767. The van der Waals surface area contributed by atoms with Crippen molar-refractivity contribution in [3.05, 3.63) is 46.4 Å². The van der Waals surface area contributed by atoms with Crippen molar-refractivity contribution < 1.29 is 13.4 Å². The average molecular weight is 267 g/mol. The Kier molecular flexibility index (Phi) is 4.09. The third-order valence-corrected chi connectivity index (χ3v) is 4.12. The number of nitrogens with one attached hydrogen (secondary N) is 1. The number of H-pyrrole nitrogens is 1. The molecule has 96 valence electrons. The summed E-state index contributed by atoms with van der Waals surface area (Å²) in [5, 5.41) is 2.52. The van der Waals surface area contributed by atoms with Gasteiger partial charge in [-0.25, -0.2) is 4.79 Å². The molecule has 0 bridgehead atoms. The molecule has 18 heavy (non-hydrogen) atoms. The lowest BCUT2D eigenvalue weighted by Gasteiger charge is -1.99. The fourth-order valence-electron chi connectivity index (χ4n) is 1.61. The van der Waals surface area contributed by atoms with Crippen molar-refractivity contribution >= 4 is 10.8 Å². The van der Waals surface area contributed by atoms with Gasteiger partial charge in [-0.3, -0.25) is 8.73 Å². The molecule has 0 amide bonds. The first-order valence-electron chi connectivity index (χ1n) is 5.70. The van der Waals surface area contributed by atoms with E-state index < -0.39 is 10.8 Å². The van der Waals surface area contributed by atoms with E-state index in [4.69, 9.17) is 0 Å². The molecule has 0 saturated carbocycles. The van der Waals surface area contributed by atoms with Crippen LogP contribution in [0.3, 0.4) is 0 Å². The van der Waals surface area contributed by atoms with Gasteiger partial charge in [-0.1, -0.05) is 22.9 Å². The number of hydrogen-bond donors (Lipinski definition) is 1. The molecule has 1 aromatic heterocycles. The van der Waals surface area contributed by atoms with Crippen LogP contribution in [-0.2, 0) is 17.3 Å². The monoisotopic (exact) mass is 267 g/mol. The maximum Gasteiger partial charge on any atom is 0.429 e. The molecule has 0 saturated heterocycles. The van der Waals surface area contributed by atoms with Gasteiger partial charge in [-0.05, 0) is 17.4 Å². The predicted octanol–water partition coefficient (Wildman–Crippen LogP) is 0.762. The Morgan fingerprint density at radius 2 is 2.06 bits per heavy atom. The number of benzene rings is 1. The van der Waals surface area contributed by atoms with Crippen molar-refractivity contribution in [3.63, 3.8) is 0 Å². The molecular formula is C12H15N2O3S+. The summed E-state index contributed by atoms with van der Waals surface area (Å²) in [5.41, 5.74) is 0.166. The van der Waals surface area contributed by atoms with Gasteiger partial charge in [0.15, 0.2) is 6.54 Å². The lowest BCUT2D eigenvalue weighted by atomic mass is 10.4. The van der Waals surface area contributed by atoms with Gasteiger partial charge in [0.2, 0.25) is 0 Å². The van der Waals surface area contributed by atoms with Gasteiger partial charge in [0, 0.05) is 24.0 Å². The third kappa shape index (κ3) is 2.95. The summed E-state index contributed by atoms with van der Waals surface area (Å²) in [7, 11) is -0.993. The minimum Gasteiger partial charge on any atom is -0.283 e. The van der Waals surface area contributed by atoms with Crippen molar-refractivity contribution in [2.45, 2.75) is 24.8 Å². The molecular weight excluding hydrogens is 252 g/mol. The number of aromatic nitrogens is 2. The maximum atomic E-state index is 11.9. The van der Waals surface area contributed by atoms with Crippen molar-refractivity contribution in [1.29, 1.82) is 0 Å². The van der Waals surface area contributed by atoms with Crippen molar-refractivity contribution in [2.75, 3.05) is 5.75 Å². The van der Waals surface area contributed by atoms with E-state index in [0.717, 1.165) is 4.90 Å². The number of aromatic amines is 1. The van der Waals surface area contributed by atoms with E-state index >= 15 is 0 Å². The molecule has 0 aliphatic heterocycles. The van der Waals surface area contributed by atoms with E-state index in [1.807, 2.05) is 30.3 Å². The highest BCUT2D eigenvalue weighted by atomic mass is 32.2. The first-order chi connectivity index (χ1) is 8.68. The molecule has 5 nitrogen and oxygen atoms in total. The highest BCUT2D eigenvalue weighted by Gasteiger charge is 2.15. The van der Waals surface area contributed by atoms with E-state index in [1.165, 1.54) is 0 Å². The van der Waals surface area contributed by atoms with Gasteiger partial charge in [0.05, 0.1) is 10.8 Å². The Bertz CT molecular complexity index is 589. The van der Waals surface area contributed by atoms with Gasteiger partial charge >= 0.3 is 5.63 Å². The van der Waals surface area contributed by atoms with Crippen LogP contribution < -0.4 is 10.3 Å². The molecule has 0 aliphatic carbocycles. The molecule has 6 heteroatoms. The number of nitrogens with zero attached hydrogens (tertiary/aromatic N) is 1. The zero-order valence-electron chi connectivity index (χ0n) is 10.1. The summed E-state index contributed by atoms with van der Waals surface area (Å²) in [4.78, 5) is 11.9. The Morgan fingerprint density at radius 1 is 1.33 bits per heavy atom. The molecule has 1 unspecified atom stereocenters. The number of hydrogen-bond acceptors (Lipinski definition) is 3. The van der Waals surface area contributed by atoms with Gasteiger partial charge in [0.1, 0.15) is 0 Å². The smallest absolute Gasteiger partial charge is 0.283 e. The second kappa shape index (κ2) is 5.77. The molecule has 0 fully saturated rings. The van der Waals surface area contributed by atoms with Crippen LogP contribution in [0.25, 0.3) is 0 Å². The van der Waals surface area contributed by atoms with Gasteiger partial charge in [-0.15, -0.1) is 0 Å². The van der Waals surface area contributed by atoms with Crippen molar-refractivity contribution in [3.8, 4) is 0 Å². The fourth-order valence-corrected chi connectivity index (χ4v) is 2.69. The largest absolute Gasteiger partial charge is 0.429 e. The Hall–Kier alpha value is -1.69. The molecule has 1 aromatic carbocycles. The molecule has 1 atom stereocenters. The second-order valence-corrected chi connectivity index (χ2v) is 5.50. The van der Waals surface area contributed by atoms with Gasteiger partial charge < -0.3 is 0 Å². The van der Waals surface area contributed by atoms with Crippen LogP contribution >= 0.6 is 0 Å². The molecule has 1 heterocycles. The minimum atomic E-state index is -0.993. The van der Waals surface area contributed by atoms with Crippen LogP contribution in [0.4, 0.5) is 0 Å². The van der Waals surface area contributed by atoms with Crippen LogP contribution in [0.2, 0.25) is 0 Å². The zero-order chi connectivity index (χ0) is 13.0. The Balaban J connectivity index is 1.88. The normalized spacial score (nSPS) is 12.5. The SMILES string of the molecule is Cc1c(=O)o[nH][n+]1CCCS(=O)c1ccccc1. The average Bonchev–Trinajstić information content (AvgIpc) is 2.71. The minimum absolute atomic E-state index is 0.362. The molecule has 1 N–H and O–H groups in total. The van der Waals surface area contributed by atoms with Gasteiger partial charge in [0.25, 0.3) is 5.69 Å².